The van der Waals surface area contributed by atoms with E-state index in [1.807, 2.05) is 30.7 Å². The standard InChI is InChI=1S/C12H14N4/c1-9-12-10(5-7-13-9)16(8-15-12)11-4-2-3-6-14-11/h2-4,6,8-9,13H,5,7H2,1H3/t9-/m0/s1. The summed E-state index contributed by atoms with van der Waals surface area (Å²) >= 11 is 0. The lowest BCUT2D eigenvalue weighted by Crippen LogP contribution is -2.28. The second kappa shape index (κ2) is 3.72. The highest BCUT2D eigenvalue weighted by atomic mass is 15.1. The van der Waals surface area contributed by atoms with Gasteiger partial charge < -0.3 is 5.32 Å². The van der Waals surface area contributed by atoms with Crippen LogP contribution in [0.5, 0.6) is 0 Å². The first-order valence-corrected chi connectivity index (χ1v) is 5.57. The maximum absolute atomic E-state index is 4.47. The maximum atomic E-state index is 4.47. The molecule has 0 spiro atoms. The Morgan fingerprint density at radius 2 is 2.31 bits per heavy atom. The summed E-state index contributed by atoms with van der Waals surface area (Å²) in [6.07, 6.45) is 4.69. The fourth-order valence-electron chi connectivity index (χ4n) is 2.20. The van der Waals surface area contributed by atoms with Crippen molar-refractivity contribution in [3.8, 4) is 5.82 Å². The number of pyridine rings is 1. The Kier molecular flexibility index (Phi) is 2.22. The quantitative estimate of drug-likeness (QED) is 0.781. The van der Waals surface area contributed by atoms with E-state index in [4.69, 9.17) is 0 Å². The summed E-state index contributed by atoms with van der Waals surface area (Å²) in [5.74, 6) is 0.949. The van der Waals surface area contributed by atoms with Crippen LogP contribution < -0.4 is 5.32 Å². The predicted octanol–water partition coefficient (Wildman–Crippen LogP) is 1.47. The Labute approximate surface area is 94.4 Å². The molecule has 4 nitrogen and oxygen atoms in total. The molecule has 0 saturated heterocycles. The molecule has 4 heteroatoms. The molecule has 0 aliphatic carbocycles. The molecule has 0 bridgehead atoms. The van der Waals surface area contributed by atoms with E-state index in [0.29, 0.717) is 6.04 Å². The van der Waals surface area contributed by atoms with Crippen LogP contribution in [-0.4, -0.2) is 21.1 Å². The first-order valence-electron chi connectivity index (χ1n) is 5.57. The summed E-state index contributed by atoms with van der Waals surface area (Å²) in [6.45, 7) is 3.15. The van der Waals surface area contributed by atoms with Crippen LogP contribution in [0.25, 0.3) is 5.82 Å². The van der Waals surface area contributed by atoms with E-state index in [-0.39, 0.29) is 0 Å². The third-order valence-corrected chi connectivity index (χ3v) is 3.02. The molecule has 16 heavy (non-hydrogen) atoms. The molecule has 1 N–H and O–H groups in total. The van der Waals surface area contributed by atoms with Crippen molar-refractivity contribution in [3.05, 3.63) is 42.1 Å². The lowest BCUT2D eigenvalue weighted by Gasteiger charge is -2.20. The summed E-state index contributed by atoms with van der Waals surface area (Å²) in [6, 6.07) is 6.28. The van der Waals surface area contributed by atoms with Crippen LogP contribution in [-0.2, 0) is 6.42 Å². The Morgan fingerprint density at radius 1 is 1.38 bits per heavy atom. The van der Waals surface area contributed by atoms with Crippen LogP contribution in [0.3, 0.4) is 0 Å². The van der Waals surface area contributed by atoms with E-state index < -0.39 is 0 Å². The molecule has 1 aliphatic heterocycles. The lowest BCUT2D eigenvalue weighted by atomic mass is 10.1. The Hall–Kier alpha value is -1.68. The Balaban J connectivity index is 2.10. The van der Waals surface area contributed by atoms with Gasteiger partial charge in [-0.05, 0) is 19.1 Å². The number of rotatable bonds is 1. The smallest absolute Gasteiger partial charge is 0.138 e. The third-order valence-electron chi connectivity index (χ3n) is 3.02. The van der Waals surface area contributed by atoms with Crippen molar-refractivity contribution in [3.63, 3.8) is 0 Å². The average molecular weight is 214 g/mol. The van der Waals surface area contributed by atoms with Gasteiger partial charge in [0.2, 0.25) is 0 Å². The zero-order chi connectivity index (χ0) is 11.0. The number of hydrogen-bond donors (Lipinski definition) is 1. The number of nitrogens with one attached hydrogen (secondary N) is 1. The Bertz CT molecular complexity index is 489. The summed E-state index contributed by atoms with van der Waals surface area (Å²) in [5, 5.41) is 3.41. The fourth-order valence-corrected chi connectivity index (χ4v) is 2.20. The van der Waals surface area contributed by atoms with Crippen LogP contribution in [0.1, 0.15) is 24.4 Å². The molecule has 0 unspecified atom stereocenters. The lowest BCUT2D eigenvalue weighted by molar-refractivity contribution is 0.523. The van der Waals surface area contributed by atoms with Gasteiger partial charge in [-0.1, -0.05) is 6.07 Å². The maximum Gasteiger partial charge on any atom is 0.138 e. The molecule has 0 radical (unpaired) electrons. The van der Waals surface area contributed by atoms with Gasteiger partial charge in [0.05, 0.1) is 11.4 Å². The van der Waals surface area contributed by atoms with Crippen LogP contribution in [0.4, 0.5) is 0 Å². The zero-order valence-electron chi connectivity index (χ0n) is 9.22. The van der Waals surface area contributed by atoms with E-state index in [0.717, 1.165) is 24.5 Å². The van der Waals surface area contributed by atoms with Crippen LogP contribution in [0.2, 0.25) is 0 Å². The van der Waals surface area contributed by atoms with Crippen LogP contribution in [0, 0.1) is 0 Å². The molecular formula is C12H14N4. The summed E-state index contributed by atoms with van der Waals surface area (Å²) in [7, 11) is 0. The topological polar surface area (TPSA) is 42.7 Å². The molecule has 0 amide bonds. The van der Waals surface area contributed by atoms with Gasteiger partial charge >= 0.3 is 0 Å². The SMILES string of the molecule is C[C@@H]1NCCc2c1ncn2-c1ccccn1. The Morgan fingerprint density at radius 3 is 3.12 bits per heavy atom. The highest BCUT2D eigenvalue weighted by Gasteiger charge is 2.21. The van der Waals surface area contributed by atoms with Crippen LogP contribution in [0.15, 0.2) is 30.7 Å². The molecule has 2 aromatic rings. The molecule has 0 saturated carbocycles. The van der Waals surface area contributed by atoms with Gasteiger partial charge in [-0.15, -0.1) is 0 Å². The number of nitrogens with zero attached hydrogens (tertiary/aromatic N) is 3. The average Bonchev–Trinajstić information content (AvgIpc) is 2.75. The first kappa shape index (κ1) is 9.54. The van der Waals surface area contributed by atoms with Gasteiger partial charge in [0, 0.05) is 25.2 Å². The van der Waals surface area contributed by atoms with E-state index >= 15 is 0 Å². The minimum absolute atomic E-state index is 0.341. The summed E-state index contributed by atoms with van der Waals surface area (Å²) < 4.78 is 2.09. The minimum atomic E-state index is 0.341. The van der Waals surface area contributed by atoms with Crippen molar-refractivity contribution in [2.45, 2.75) is 19.4 Å². The number of hydrogen-bond acceptors (Lipinski definition) is 3. The fraction of sp³-hybridized carbons (Fsp3) is 0.333. The second-order valence-corrected chi connectivity index (χ2v) is 4.06. The van der Waals surface area contributed by atoms with Gasteiger partial charge in [-0.25, -0.2) is 9.97 Å². The van der Waals surface area contributed by atoms with Crippen molar-refractivity contribution >= 4 is 0 Å². The van der Waals surface area contributed by atoms with Crippen molar-refractivity contribution < 1.29 is 0 Å². The molecule has 3 rings (SSSR count). The normalized spacial score (nSPS) is 19.4. The molecule has 0 aromatic carbocycles. The summed E-state index contributed by atoms with van der Waals surface area (Å²) in [4.78, 5) is 8.83. The predicted molar refractivity (Wildman–Crippen MR) is 61.5 cm³/mol. The van der Waals surface area contributed by atoms with Gasteiger partial charge in [-0.3, -0.25) is 4.57 Å². The third kappa shape index (κ3) is 1.42. The highest BCUT2D eigenvalue weighted by Crippen LogP contribution is 2.22. The van der Waals surface area contributed by atoms with E-state index in [9.17, 15) is 0 Å². The van der Waals surface area contributed by atoms with E-state index in [2.05, 4.69) is 26.8 Å². The number of imidazole rings is 1. The minimum Gasteiger partial charge on any atom is -0.308 e. The van der Waals surface area contributed by atoms with Gasteiger partial charge in [-0.2, -0.15) is 0 Å². The highest BCUT2D eigenvalue weighted by molar-refractivity contribution is 5.31. The largest absolute Gasteiger partial charge is 0.308 e. The monoisotopic (exact) mass is 214 g/mol. The molecular weight excluding hydrogens is 200 g/mol. The molecule has 82 valence electrons. The van der Waals surface area contributed by atoms with Crippen molar-refractivity contribution in [2.75, 3.05) is 6.54 Å². The second-order valence-electron chi connectivity index (χ2n) is 4.06. The first-order chi connectivity index (χ1) is 7.86. The van der Waals surface area contributed by atoms with Crippen LogP contribution >= 0.6 is 0 Å². The van der Waals surface area contributed by atoms with E-state index in [1.165, 1.54) is 5.69 Å². The van der Waals surface area contributed by atoms with Gasteiger partial charge in [0.1, 0.15) is 12.1 Å². The molecule has 1 aliphatic rings. The van der Waals surface area contributed by atoms with Crippen molar-refractivity contribution in [1.82, 2.24) is 19.9 Å². The molecule has 0 fully saturated rings. The van der Waals surface area contributed by atoms with Crippen molar-refractivity contribution in [2.24, 2.45) is 0 Å². The van der Waals surface area contributed by atoms with Crippen molar-refractivity contribution in [1.29, 1.82) is 0 Å². The molecule has 2 aromatic heterocycles. The van der Waals surface area contributed by atoms with Gasteiger partial charge in [0.15, 0.2) is 0 Å². The zero-order valence-corrected chi connectivity index (χ0v) is 9.22. The van der Waals surface area contributed by atoms with Gasteiger partial charge in [0.25, 0.3) is 0 Å². The van der Waals surface area contributed by atoms with E-state index in [1.54, 1.807) is 0 Å². The number of aromatic nitrogens is 3. The molecule has 1 atom stereocenters. The summed E-state index contributed by atoms with van der Waals surface area (Å²) in [5.41, 5.74) is 2.43. The number of fused-ring (bicyclic) bond motifs is 1. The molecule has 3 heterocycles.